The third-order valence-electron chi connectivity index (χ3n) is 2.99. The van der Waals surface area contributed by atoms with Gasteiger partial charge < -0.3 is 5.32 Å². The molecule has 1 aromatic carbocycles. The van der Waals surface area contributed by atoms with Crippen LogP contribution in [0.2, 0.25) is 0 Å². The van der Waals surface area contributed by atoms with E-state index in [2.05, 4.69) is 15.0 Å². The lowest BCUT2D eigenvalue weighted by molar-refractivity contribution is -0.116. The van der Waals surface area contributed by atoms with E-state index >= 15 is 0 Å². The van der Waals surface area contributed by atoms with Gasteiger partial charge in [-0.15, -0.1) is 11.3 Å². The molecule has 0 unspecified atom stereocenters. The predicted molar refractivity (Wildman–Crippen MR) is 94.2 cm³/mol. The Kier molecular flexibility index (Phi) is 5.73. The molecule has 0 atom stereocenters. The fourth-order valence-corrected chi connectivity index (χ4v) is 3.21. The molecule has 0 aliphatic rings. The number of benzene rings is 1. The van der Waals surface area contributed by atoms with Crippen molar-refractivity contribution >= 4 is 38.1 Å². The Morgan fingerprint density at radius 1 is 1.26 bits per heavy atom. The number of unbranched alkanes of at least 4 members (excludes halogenated alkanes) is 1. The van der Waals surface area contributed by atoms with Crippen molar-refractivity contribution in [3.05, 3.63) is 29.6 Å². The van der Waals surface area contributed by atoms with Crippen molar-refractivity contribution in [2.24, 2.45) is 0 Å². The van der Waals surface area contributed by atoms with Crippen LogP contribution in [0.3, 0.4) is 0 Å². The lowest BCUT2D eigenvalue weighted by atomic mass is 10.1. The van der Waals surface area contributed by atoms with Crippen LogP contribution in [0.5, 0.6) is 0 Å². The van der Waals surface area contributed by atoms with E-state index in [0.717, 1.165) is 30.4 Å². The maximum atomic E-state index is 11.7. The van der Waals surface area contributed by atoms with Gasteiger partial charge in [-0.2, -0.15) is 0 Å². The fraction of sp³-hybridized carbons (Fsp3) is 0.333. The van der Waals surface area contributed by atoms with Gasteiger partial charge in [0, 0.05) is 23.1 Å². The molecule has 2 N–H and O–H groups in total. The summed E-state index contributed by atoms with van der Waals surface area (Å²) in [6.07, 6.45) is 3.44. The summed E-state index contributed by atoms with van der Waals surface area (Å²) in [4.78, 5) is 16.1. The monoisotopic (exact) mass is 353 g/mol. The van der Waals surface area contributed by atoms with Gasteiger partial charge in [0.05, 0.1) is 11.9 Å². The summed E-state index contributed by atoms with van der Waals surface area (Å²) in [5.74, 6) is -0.0274. The molecule has 2 aromatic rings. The van der Waals surface area contributed by atoms with Crippen LogP contribution in [0.1, 0.15) is 26.2 Å². The van der Waals surface area contributed by atoms with Crippen molar-refractivity contribution < 1.29 is 13.2 Å². The van der Waals surface area contributed by atoms with E-state index in [1.165, 1.54) is 11.3 Å². The normalized spacial score (nSPS) is 11.2. The van der Waals surface area contributed by atoms with Gasteiger partial charge in [-0.05, 0) is 18.6 Å². The Balaban J connectivity index is 2.04. The van der Waals surface area contributed by atoms with Crippen molar-refractivity contribution in [3.8, 4) is 11.3 Å². The summed E-state index contributed by atoms with van der Waals surface area (Å²) in [7, 11) is -3.28. The van der Waals surface area contributed by atoms with Crippen molar-refractivity contribution in [1.29, 1.82) is 0 Å². The van der Waals surface area contributed by atoms with E-state index in [-0.39, 0.29) is 5.91 Å². The van der Waals surface area contributed by atoms with Gasteiger partial charge in [0.2, 0.25) is 15.9 Å². The van der Waals surface area contributed by atoms with E-state index in [1.54, 1.807) is 24.3 Å². The summed E-state index contributed by atoms with van der Waals surface area (Å²) < 4.78 is 24.8. The Labute approximate surface area is 140 Å². The molecule has 0 bridgehead atoms. The number of carbonyl (C=O) groups is 1. The fourth-order valence-electron chi connectivity index (χ4n) is 1.91. The van der Waals surface area contributed by atoms with Crippen LogP contribution < -0.4 is 10.0 Å². The third kappa shape index (κ3) is 5.65. The molecule has 1 heterocycles. The summed E-state index contributed by atoms with van der Waals surface area (Å²) in [6.45, 7) is 2.04. The van der Waals surface area contributed by atoms with Gasteiger partial charge in [-0.1, -0.05) is 25.5 Å². The molecule has 124 valence electrons. The zero-order chi connectivity index (χ0) is 16.9. The van der Waals surface area contributed by atoms with Gasteiger partial charge in [0.25, 0.3) is 0 Å². The number of nitrogens with zero attached hydrogens (tertiary/aromatic N) is 1. The Morgan fingerprint density at radius 2 is 1.96 bits per heavy atom. The number of amides is 1. The minimum atomic E-state index is -3.28. The molecule has 2 rings (SSSR count). The molecule has 1 aromatic heterocycles. The highest BCUT2D eigenvalue weighted by atomic mass is 32.2. The summed E-state index contributed by atoms with van der Waals surface area (Å²) >= 11 is 1.37. The van der Waals surface area contributed by atoms with Crippen LogP contribution in [0, 0.1) is 0 Å². The molecule has 0 saturated carbocycles. The first kappa shape index (κ1) is 17.4. The third-order valence-corrected chi connectivity index (χ3v) is 4.36. The molecule has 8 heteroatoms. The van der Waals surface area contributed by atoms with Crippen LogP contribution >= 0.6 is 11.3 Å². The Hall–Kier alpha value is -1.93. The highest BCUT2D eigenvalue weighted by molar-refractivity contribution is 7.92. The van der Waals surface area contributed by atoms with Crippen LogP contribution in [-0.4, -0.2) is 25.6 Å². The molecule has 0 fully saturated rings. The van der Waals surface area contributed by atoms with Crippen LogP contribution in [0.15, 0.2) is 29.6 Å². The lowest BCUT2D eigenvalue weighted by Gasteiger charge is -2.04. The number of hydrogen-bond acceptors (Lipinski definition) is 5. The highest BCUT2D eigenvalue weighted by Gasteiger charge is 2.08. The van der Waals surface area contributed by atoms with E-state index in [1.807, 2.05) is 12.3 Å². The number of aromatic nitrogens is 1. The van der Waals surface area contributed by atoms with Gasteiger partial charge in [-0.25, -0.2) is 13.4 Å². The second-order valence-electron chi connectivity index (χ2n) is 5.14. The quantitative estimate of drug-likeness (QED) is 0.799. The zero-order valence-corrected chi connectivity index (χ0v) is 14.6. The predicted octanol–water partition coefficient (Wildman–Crippen LogP) is 3.31. The molecule has 23 heavy (non-hydrogen) atoms. The zero-order valence-electron chi connectivity index (χ0n) is 13.0. The first-order valence-corrected chi connectivity index (χ1v) is 9.98. The molecular weight excluding hydrogens is 334 g/mol. The van der Waals surface area contributed by atoms with Crippen molar-refractivity contribution in [1.82, 2.24) is 4.98 Å². The summed E-state index contributed by atoms with van der Waals surface area (Å²) in [5.41, 5.74) is 2.10. The summed E-state index contributed by atoms with van der Waals surface area (Å²) in [5, 5.41) is 5.21. The topological polar surface area (TPSA) is 88.2 Å². The number of nitrogens with one attached hydrogen (secondary N) is 2. The molecule has 1 amide bonds. The van der Waals surface area contributed by atoms with Crippen molar-refractivity contribution in [2.45, 2.75) is 26.2 Å². The smallest absolute Gasteiger partial charge is 0.229 e. The minimum absolute atomic E-state index is 0.0274. The van der Waals surface area contributed by atoms with Gasteiger partial charge in [0.15, 0.2) is 5.13 Å². The molecule has 0 radical (unpaired) electrons. The highest BCUT2D eigenvalue weighted by Crippen LogP contribution is 2.26. The molecule has 6 nitrogen and oxygen atoms in total. The van der Waals surface area contributed by atoms with E-state index < -0.39 is 10.0 Å². The number of anilines is 2. The Bertz CT molecular complexity index is 768. The molecule has 0 spiro atoms. The first-order valence-electron chi connectivity index (χ1n) is 7.21. The maximum absolute atomic E-state index is 11.7. The van der Waals surface area contributed by atoms with Crippen LogP contribution in [-0.2, 0) is 14.8 Å². The second kappa shape index (κ2) is 7.56. The van der Waals surface area contributed by atoms with E-state index in [9.17, 15) is 13.2 Å². The molecule has 0 saturated heterocycles. The largest absolute Gasteiger partial charge is 0.302 e. The van der Waals surface area contributed by atoms with Crippen LogP contribution in [0.25, 0.3) is 11.3 Å². The van der Waals surface area contributed by atoms with E-state index in [4.69, 9.17) is 0 Å². The van der Waals surface area contributed by atoms with Crippen molar-refractivity contribution in [2.75, 3.05) is 16.3 Å². The average Bonchev–Trinajstić information content (AvgIpc) is 2.92. The number of carbonyl (C=O) groups excluding carboxylic acids is 1. The average molecular weight is 353 g/mol. The van der Waals surface area contributed by atoms with Gasteiger partial charge >= 0.3 is 0 Å². The molecular formula is C15H19N3O3S2. The minimum Gasteiger partial charge on any atom is -0.302 e. The van der Waals surface area contributed by atoms with Crippen LogP contribution in [0.4, 0.5) is 10.8 Å². The molecule has 0 aliphatic heterocycles. The first-order chi connectivity index (χ1) is 10.9. The lowest BCUT2D eigenvalue weighted by Crippen LogP contribution is -2.10. The number of thiazole rings is 1. The van der Waals surface area contributed by atoms with Crippen molar-refractivity contribution in [3.63, 3.8) is 0 Å². The second-order valence-corrected chi connectivity index (χ2v) is 7.75. The molecule has 0 aliphatic carbocycles. The number of hydrogen-bond donors (Lipinski definition) is 2. The van der Waals surface area contributed by atoms with Gasteiger partial charge in [0.1, 0.15) is 0 Å². The number of sulfonamides is 1. The SMILES string of the molecule is CCCCC(=O)Nc1nc(-c2ccc(NS(C)(=O)=O)cc2)cs1. The standard InChI is InChI=1S/C15H19N3O3S2/c1-3-4-5-14(19)17-15-16-13(10-22-15)11-6-8-12(9-7-11)18-23(2,20)21/h6-10,18H,3-5H2,1-2H3,(H,16,17,19). The van der Waals surface area contributed by atoms with E-state index in [0.29, 0.717) is 17.2 Å². The number of rotatable bonds is 7. The maximum Gasteiger partial charge on any atom is 0.229 e. The van der Waals surface area contributed by atoms with Gasteiger partial charge in [-0.3, -0.25) is 9.52 Å². The Morgan fingerprint density at radius 3 is 2.57 bits per heavy atom. The summed E-state index contributed by atoms with van der Waals surface area (Å²) in [6, 6.07) is 6.92.